The molecule has 10 nitrogen and oxygen atoms in total. The predicted octanol–water partition coefficient (Wildman–Crippen LogP) is 5.05. The van der Waals surface area contributed by atoms with Crippen molar-refractivity contribution in [2.24, 2.45) is 4.99 Å². The van der Waals surface area contributed by atoms with Crippen molar-refractivity contribution < 1.29 is 13.9 Å². The van der Waals surface area contributed by atoms with Crippen LogP contribution in [0.2, 0.25) is 5.02 Å². The number of hydrogen-bond donors (Lipinski definition) is 3. The van der Waals surface area contributed by atoms with Crippen molar-refractivity contribution in [1.29, 1.82) is 0 Å². The van der Waals surface area contributed by atoms with Crippen molar-refractivity contribution in [2.75, 3.05) is 49.0 Å². The summed E-state index contributed by atoms with van der Waals surface area (Å²) in [5, 5.41) is 3.85. The Morgan fingerprint density at radius 3 is 2.65 bits per heavy atom. The number of nitrogens with zero attached hydrogens (tertiary/aromatic N) is 5. The lowest BCUT2D eigenvalue weighted by molar-refractivity contribution is 0.0957. The summed E-state index contributed by atoms with van der Waals surface area (Å²) < 4.78 is 19.5. The standard InChI is InChI=1S/C28H30ClFN8O2/c1-4-23(18(2)7-8-31-3)19-13-20(29)15-22(14-19)34-21-5-6-25(32-16-21)27(39)36-37-28-33-17-24(30)26(35-28)38-9-11-40-12-10-38/h4-8,13-17,34H,9-12H2,1-3H3,(H,36,39)(H,33,35,37)/b18-7-,23-4?,31-8-. The lowest BCUT2D eigenvalue weighted by atomic mass is 9.98. The second-order valence-electron chi connectivity index (χ2n) is 8.79. The summed E-state index contributed by atoms with van der Waals surface area (Å²) in [7, 11) is 1.72. The molecule has 0 aliphatic carbocycles. The molecule has 1 aliphatic rings. The molecule has 2 aromatic heterocycles. The number of nitrogens with one attached hydrogen (secondary N) is 3. The van der Waals surface area contributed by atoms with Gasteiger partial charge < -0.3 is 15.0 Å². The Labute approximate surface area is 237 Å². The Morgan fingerprint density at radius 2 is 1.95 bits per heavy atom. The van der Waals surface area contributed by atoms with Gasteiger partial charge in [-0.05, 0) is 67.0 Å². The highest BCUT2D eigenvalue weighted by molar-refractivity contribution is 6.31. The first-order chi connectivity index (χ1) is 19.4. The second kappa shape index (κ2) is 13.6. The van der Waals surface area contributed by atoms with Crippen molar-refractivity contribution in [3.8, 4) is 0 Å². The van der Waals surface area contributed by atoms with Crippen LogP contribution in [0.4, 0.5) is 27.5 Å². The molecule has 1 fully saturated rings. The summed E-state index contributed by atoms with van der Waals surface area (Å²) in [6, 6.07) is 9.00. The van der Waals surface area contributed by atoms with Gasteiger partial charge in [0.25, 0.3) is 5.91 Å². The van der Waals surface area contributed by atoms with Crippen LogP contribution in [0.1, 0.15) is 29.9 Å². The van der Waals surface area contributed by atoms with Gasteiger partial charge in [-0.2, -0.15) is 4.98 Å². The highest BCUT2D eigenvalue weighted by Crippen LogP contribution is 2.30. The molecule has 4 rings (SSSR count). The van der Waals surface area contributed by atoms with E-state index >= 15 is 0 Å². The topological polar surface area (TPSA) is 117 Å². The zero-order valence-electron chi connectivity index (χ0n) is 22.4. The van der Waals surface area contributed by atoms with Gasteiger partial charge in [-0.25, -0.2) is 14.4 Å². The number of pyridine rings is 1. The minimum absolute atomic E-state index is 0.0545. The molecule has 0 radical (unpaired) electrons. The largest absolute Gasteiger partial charge is 0.378 e. The third-order valence-electron chi connectivity index (χ3n) is 6.00. The van der Waals surface area contributed by atoms with Crippen molar-refractivity contribution in [3.63, 3.8) is 0 Å². The Bertz CT molecular complexity index is 1440. The smallest absolute Gasteiger partial charge is 0.288 e. The Kier molecular flexibility index (Phi) is 9.76. The number of ether oxygens (including phenoxy) is 1. The van der Waals surface area contributed by atoms with E-state index < -0.39 is 11.7 Å². The quantitative estimate of drug-likeness (QED) is 0.188. The van der Waals surface area contributed by atoms with Gasteiger partial charge in [-0.15, -0.1) is 0 Å². The summed E-state index contributed by atoms with van der Waals surface area (Å²) in [6.45, 7) is 5.99. The normalized spacial score (nSPS) is 14.4. The van der Waals surface area contributed by atoms with Gasteiger partial charge >= 0.3 is 0 Å². The first kappa shape index (κ1) is 28.7. The molecule has 0 saturated carbocycles. The van der Waals surface area contributed by atoms with Gasteiger partial charge in [0.2, 0.25) is 5.95 Å². The number of allylic oxidation sites excluding steroid dienone is 4. The Hall–Kier alpha value is -4.35. The van der Waals surface area contributed by atoms with Gasteiger partial charge in [0.05, 0.1) is 31.3 Å². The van der Waals surface area contributed by atoms with E-state index in [4.69, 9.17) is 16.3 Å². The van der Waals surface area contributed by atoms with Gasteiger partial charge in [-0.1, -0.05) is 17.7 Å². The van der Waals surface area contributed by atoms with Crippen LogP contribution in [0.15, 0.2) is 65.4 Å². The zero-order valence-corrected chi connectivity index (χ0v) is 23.2. The molecule has 1 saturated heterocycles. The number of morpholine rings is 1. The van der Waals surface area contributed by atoms with Crippen molar-refractivity contribution >= 4 is 52.4 Å². The van der Waals surface area contributed by atoms with Crippen LogP contribution in [-0.2, 0) is 4.74 Å². The molecule has 12 heteroatoms. The highest BCUT2D eigenvalue weighted by Gasteiger charge is 2.18. The monoisotopic (exact) mass is 564 g/mol. The highest BCUT2D eigenvalue weighted by atomic mass is 35.5. The molecule has 3 aromatic rings. The van der Waals surface area contributed by atoms with E-state index in [0.717, 1.165) is 28.6 Å². The summed E-state index contributed by atoms with van der Waals surface area (Å²) >= 11 is 6.41. The molecule has 3 heterocycles. The summed E-state index contributed by atoms with van der Waals surface area (Å²) in [5.41, 5.74) is 9.74. The molecule has 40 heavy (non-hydrogen) atoms. The minimum Gasteiger partial charge on any atom is -0.378 e. The molecule has 3 N–H and O–H groups in total. The van der Waals surface area contributed by atoms with E-state index in [1.807, 2.05) is 44.2 Å². The SMILES string of the molecule is CC=C(/C(C)=C\C=N/C)c1cc(Cl)cc(Nc2ccc(C(=O)NNc3ncc(F)c(N4CCOCC4)n3)nc2)c1. The average molecular weight is 565 g/mol. The van der Waals surface area contributed by atoms with Crippen LogP contribution in [-0.4, -0.2) is 60.4 Å². The zero-order chi connectivity index (χ0) is 28.5. The van der Waals surface area contributed by atoms with E-state index in [1.54, 1.807) is 36.5 Å². The van der Waals surface area contributed by atoms with Crippen LogP contribution >= 0.6 is 11.6 Å². The van der Waals surface area contributed by atoms with Crippen molar-refractivity contribution in [2.45, 2.75) is 13.8 Å². The number of aromatic nitrogens is 3. The number of aliphatic imine (C=N–C) groups is 1. The Balaban J connectivity index is 1.40. The number of anilines is 4. The van der Waals surface area contributed by atoms with E-state index in [-0.39, 0.29) is 17.5 Å². The molecular weight excluding hydrogens is 535 g/mol. The fraction of sp³-hybridized carbons (Fsp3) is 0.250. The van der Waals surface area contributed by atoms with E-state index in [1.165, 1.54) is 0 Å². The molecule has 208 valence electrons. The van der Waals surface area contributed by atoms with E-state index in [2.05, 4.69) is 36.1 Å². The third kappa shape index (κ3) is 7.39. The van der Waals surface area contributed by atoms with Crippen LogP contribution < -0.4 is 21.1 Å². The molecule has 1 aromatic carbocycles. The van der Waals surface area contributed by atoms with E-state index in [9.17, 15) is 9.18 Å². The molecule has 0 unspecified atom stereocenters. The summed E-state index contributed by atoms with van der Waals surface area (Å²) in [4.78, 5) is 30.7. The number of carbonyl (C=O) groups excluding carboxylic acids is 1. The predicted molar refractivity (Wildman–Crippen MR) is 157 cm³/mol. The van der Waals surface area contributed by atoms with Crippen molar-refractivity contribution in [1.82, 2.24) is 20.4 Å². The summed E-state index contributed by atoms with van der Waals surface area (Å²) in [5.74, 6) is -0.850. The molecule has 0 bridgehead atoms. The molecule has 1 aliphatic heterocycles. The maximum atomic E-state index is 14.2. The number of amides is 1. The first-order valence-corrected chi connectivity index (χ1v) is 13.0. The number of hydrazine groups is 1. The van der Waals surface area contributed by atoms with Gasteiger partial charge in [-0.3, -0.25) is 20.6 Å². The minimum atomic E-state index is -0.546. The number of hydrogen-bond acceptors (Lipinski definition) is 9. The fourth-order valence-corrected chi connectivity index (χ4v) is 4.31. The molecule has 0 atom stereocenters. The van der Waals surface area contributed by atoms with Gasteiger partial charge in [0, 0.05) is 37.1 Å². The third-order valence-corrected chi connectivity index (χ3v) is 6.22. The number of carbonyl (C=O) groups is 1. The van der Waals surface area contributed by atoms with Crippen LogP contribution in [0.3, 0.4) is 0 Å². The average Bonchev–Trinajstić information content (AvgIpc) is 2.96. The lowest BCUT2D eigenvalue weighted by Crippen LogP contribution is -2.38. The molecule has 1 amide bonds. The van der Waals surface area contributed by atoms with Gasteiger partial charge in [0.1, 0.15) is 5.69 Å². The number of rotatable bonds is 9. The maximum Gasteiger partial charge on any atom is 0.288 e. The molecular formula is C28H30ClFN8O2. The van der Waals surface area contributed by atoms with Crippen molar-refractivity contribution in [3.05, 3.63) is 82.5 Å². The molecule has 0 spiro atoms. The van der Waals surface area contributed by atoms with Crippen LogP contribution in [0.25, 0.3) is 5.57 Å². The second-order valence-corrected chi connectivity index (χ2v) is 9.23. The summed E-state index contributed by atoms with van der Waals surface area (Å²) in [6.07, 6.45) is 8.31. The van der Waals surface area contributed by atoms with Crippen LogP contribution in [0.5, 0.6) is 0 Å². The number of benzene rings is 1. The number of halogens is 2. The van der Waals surface area contributed by atoms with Crippen LogP contribution in [0, 0.1) is 5.82 Å². The van der Waals surface area contributed by atoms with Gasteiger partial charge in [0.15, 0.2) is 11.6 Å². The maximum absolute atomic E-state index is 14.2. The Morgan fingerprint density at radius 1 is 1.15 bits per heavy atom. The lowest BCUT2D eigenvalue weighted by Gasteiger charge is -2.28. The fourth-order valence-electron chi connectivity index (χ4n) is 4.08. The first-order valence-electron chi connectivity index (χ1n) is 12.6. The van der Waals surface area contributed by atoms with E-state index in [0.29, 0.717) is 37.0 Å².